The monoisotopic (exact) mass is 478 g/mol. The van der Waals surface area contributed by atoms with Crippen molar-refractivity contribution in [2.24, 2.45) is 22.4 Å². The van der Waals surface area contributed by atoms with E-state index in [1.807, 2.05) is 12.1 Å². The Hall–Kier alpha value is -3.92. The number of nitrogens with one attached hydrogen (secondary N) is 2. The van der Waals surface area contributed by atoms with Crippen LogP contribution in [0.15, 0.2) is 41.5 Å². The largest absolute Gasteiger partial charge is 0.494 e. The van der Waals surface area contributed by atoms with Crippen LogP contribution < -0.4 is 26.8 Å². The highest BCUT2D eigenvalue weighted by molar-refractivity contribution is 6.01. The van der Waals surface area contributed by atoms with Crippen LogP contribution in [0.3, 0.4) is 0 Å². The minimum absolute atomic E-state index is 0.0190. The topological polar surface area (TPSA) is 154 Å². The summed E-state index contributed by atoms with van der Waals surface area (Å²) in [4.78, 5) is 32.9. The number of allylic oxidation sites excluding steroid dienone is 1. The highest BCUT2D eigenvalue weighted by Gasteiger charge is 2.30. The van der Waals surface area contributed by atoms with Crippen molar-refractivity contribution in [1.82, 2.24) is 4.98 Å². The number of pyridine rings is 1. The number of carbonyl (C=O) groups is 2. The van der Waals surface area contributed by atoms with Crippen molar-refractivity contribution in [1.29, 1.82) is 0 Å². The fourth-order valence-electron chi connectivity index (χ4n) is 3.79. The van der Waals surface area contributed by atoms with Crippen molar-refractivity contribution in [3.05, 3.63) is 47.7 Å². The molecule has 2 amide bonds. The molecule has 0 spiro atoms. The number of aromatic nitrogens is 1. The van der Waals surface area contributed by atoms with E-state index >= 15 is 0 Å². The summed E-state index contributed by atoms with van der Waals surface area (Å²) in [6.07, 6.45) is 8.32. The lowest BCUT2D eigenvalue weighted by Gasteiger charge is -2.18. The van der Waals surface area contributed by atoms with E-state index in [0.717, 1.165) is 38.9 Å². The molecule has 0 unspecified atom stereocenters. The number of hydrogen-bond donors (Lipinski definition) is 4. The van der Waals surface area contributed by atoms with Gasteiger partial charge in [0.15, 0.2) is 5.75 Å². The van der Waals surface area contributed by atoms with Gasteiger partial charge in [-0.05, 0) is 43.9 Å². The van der Waals surface area contributed by atoms with E-state index in [2.05, 4.69) is 20.6 Å². The average Bonchev–Trinajstić information content (AvgIpc) is 3.70. The van der Waals surface area contributed by atoms with Crippen molar-refractivity contribution in [3.63, 3.8) is 0 Å². The summed E-state index contributed by atoms with van der Waals surface area (Å²) in [5, 5.41) is 5.97. The maximum Gasteiger partial charge on any atom is 0.252 e. The molecule has 1 aliphatic carbocycles. The molecule has 0 bridgehead atoms. The minimum atomic E-state index is -0.654. The Morgan fingerprint density at radius 2 is 1.91 bits per heavy atom. The number of carbonyl (C=O) groups excluding carboxylic acids is 2. The number of benzene rings is 1. The highest BCUT2D eigenvalue weighted by Crippen LogP contribution is 2.35. The third-order valence-corrected chi connectivity index (χ3v) is 5.91. The maximum atomic E-state index is 12.2. The fraction of sp³-hybridized carbons (Fsp3) is 0.360. The van der Waals surface area contributed by atoms with E-state index in [4.69, 9.17) is 20.9 Å². The summed E-state index contributed by atoms with van der Waals surface area (Å²) in [5.74, 6) is 0.0874. The Morgan fingerprint density at radius 1 is 1.14 bits per heavy atom. The molecule has 1 saturated heterocycles. The summed E-state index contributed by atoms with van der Waals surface area (Å²) >= 11 is 0. The first kappa shape index (κ1) is 24.2. The van der Waals surface area contributed by atoms with Gasteiger partial charge in [0.1, 0.15) is 5.82 Å². The second-order valence-corrected chi connectivity index (χ2v) is 8.52. The average molecular weight is 479 g/mol. The van der Waals surface area contributed by atoms with Crippen molar-refractivity contribution < 1.29 is 19.1 Å². The first-order valence-electron chi connectivity index (χ1n) is 11.6. The molecule has 10 nitrogen and oxygen atoms in total. The molecule has 4 rings (SSSR count). The summed E-state index contributed by atoms with van der Waals surface area (Å²) in [6.45, 7) is 1.44. The van der Waals surface area contributed by atoms with E-state index in [-0.39, 0.29) is 23.4 Å². The minimum Gasteiger partial charge on any atom is -0.494 e. The van der Waals surface area contributed by atoms with Gasteiger partial charge in [0.05, 0.1) is 30.1 Å². The molecular formula is C25H30N6O4. The summed E-state index contributed by atoms with van der Waals surface area (Å²) in [5.41, 5.74) is 14.2. The van der Waals surface area contributed by atoms with E-state index < -0.39 is 5.91 Å². The number of rotatable bonds is 9. The van der Waals surface area contributed by atoms with Gasteiger partial charge in [0.25, 0.3) is 5.91 Å². The number of nitrogens with two attached hydrogens (primary N) is 2. The van der Waals surface area contributed by atoms with Gasteiger partial charge in [-0.15, -0.1) is 0 Å². The molecule has 0 atom stereocenters. The van der Waals surface area contributed by atoms with Crippen LogP contribution in [-0.4, -0.2) is 49.4 Å². The number of ether oxygens (including phenoxy) is 2. The summed E-state index contributed by atoms with van der Waals surface area (Å²) < 4.78 is 11.0. The van der Waals surface area contributed by atoms with Gasteiger partial charge in [0.2, 0.25) is 5.91 Å². The third-order valence-electron chi connectivity index (χ3n) is 5.91. The van der Waals surface area contributed by atoms with E-state index in [1.54, 1.807) is 24.4 Å². The number of anilines is 3. The van der Waals surface area contributed by atoms with Gasteiger partial charge >= 0.3 is 0 Å². The first-order valence-corrected chi connectivity index (χ1v) is 11.6. The number of nitrogens with zero attached hydrogens (tertiary/aromatic N) is 2. The Morgan fingerprint density at radius 3 is 2.60 bits per heavy atom. The van der Waals surface area contributed by atoms with Crippen LogP contribution in [0.2, 0.25) is 0 Å². The smallest absolute Gasteiger partial charge is 0.252 e. The molecule has 0 radical (unpaired) electrons. The molecule has 2 heterocycles. The van der Waals surface area contributed by atoms with Crippen LogP contribution in [0, 0.1) is 5.92 Å². The molecular weight excluding hydrogens is 448 g/mol. The summed E-state index contributed by atoms with van der Waals surface area (Å²) in [6, 6.07) is 7.25. The zero-order valence-corrected chi connectivity index (χ0v) is 19.6. The van der Waals surface area contributed by atoms with Gasteiger partial charge in [-0.3, -0.25) is 14.6 Å². The van der Waals surface area contributed by atoms with E-state index in [1.165, 1.54) is 13.3 Å². The second-order valence-electron chi connectivity index (χ2n) is 8.52. The normalized spacial score (nSPS) is 16.8. The lowest BCUT2D eigenvalue weighted by Crippen LogP contribution is -2.18. The molecule has 1 saturated carbocycles. The van der Waals surface area contributed by atoms with Crippen LogP contribution in [0.4, 0.5) is 17.2 Å². The Labute approximate surface area is 203 Å². The van der Waals surface area contributed by atoms with E-state index in [9.17, 15) is 9.59 Å². The van der Waals surface area contributed by atoms with Crippen molar-refractivity contribution in [3.8, 4) is 5.75 Å². The fourth-order valence-corrected chi connectivity index (χ4v) is 3.79. The number of amides is 2. The lowest BCUT2D eigenvalue weighted by molar-refractivity contribution is -0.117. The van der Waals surface area contributed by atoms with Crippen LogP contribution in [0.1, 0.15) is 41.6 Å². The predicted molar refractivity (Wildman–Crippen MR) is 135 cm³/mol. The number of aliphatic imine (C=N–C) groups is 1. The number of hydrogen-bond acceptors (Lipinski definition) is 8. The van der Waals surface area contributed by atoms with Crippen LogP contribution in [-0.2, 0) is 9.53 Å². The molecule has 1 aromatic carbocycles. The van der Waals surface area contributed by atoms with Crippen LogP contribution >= 0.6 is 0 Å². The Kier molecular flexibility index (Phi) is 7.61. The Bertz CT molecular complexity index is 1150. The van der Waals surface area contributed by atoms with Gasteiger partial charge in [-0.1, -0.05) is 6.07 Å². The molecule has 2 aromatic rings. The van der Waals surface area contributed by atoms with Gasteiger partial charge in [-0.2, -0.15) is 0 Å². The first-order chi connectivity index (χ1) is 17.0. The van der Waals surface area contributed by atoms with Crippen LogP contribution in [0.5, 0.6) is 5.75 Å². The highest BCUT2D eigenvalue weighted by atomic mass is 16.5. The molecule has 2 fully saturated rings. The van der Waals surface area contributed by atoms with E-state index in [0.29, 0.717) is 34.2 Å². The predicted octanol–water partition coefficient (Wildman–Crippen LogP) is 2.83. The molecule has 35 heavy (non-hydrogen) atoms. The third kappa shape index (κ3) is 6.15. The van der Waals surface area contributed by atoms with Crippen molar-refractivity contribution in [2.45, 2.75) is 31.7 Å². The summed E-state index contributed by atoms with van der Waals surface area (Å²) in [7, 11) is 1.54. The second kappa shape index (κ2) is 11.0. The Balaban J connectivity index is 1.58. The molecule has 6 N–H and O–H groups in total. The number of methoxy groups -OCH3 is 1. The van der Waals surface area contributed by atoms with Gasteiger partial charge in [0, 0.05) is 48.9 Å². The quantitative estimate of drug-likeness (QED) is 0.404. The SMILES string of the molecule is COc1c(Nc2cc(NC(=O)C3CC3)ncc2C(N)=O)cccc1/C(N)=C/C=NC1CCOCC1. The van der Waals surface area contributed by atoms with Crippen molar-refractivity contribution >= 4 is 40.9 Å². The van der Waals surface area contributed by atoms with Gasteiger partial charge < -0.3 is 31.6 Å². The van der Waals surface area contributed by atoms with Gasteiger partial charge in [-0.25, -0.2) is 4.98 Å². The molecule has 2 aliphatic rings. The standard InChI is InChI=1S/C25H30N6O4/c1-34-23-17(19(26)7-10-28-16-8-11-35-12-9-16)3-2-4-20(23)30-21-13-22(29-14-18(21)24(27)32)31-25(33)15-5-6-15/h2-4,7,10,13-16H,5-6,8-9,11-12,26H2,1H3,(H2,27,32)(H2,29,30,31,33)/b19-7-,28-10?. The van der Waals surface area contributed by atoms with Crippen LogP contribution in [0.25, 0.3) is 5.70 Å². The number of primary amides is 1. The molecule has 184 valence electrons. The zero-order valence-electron chi connectivity index (χ0n) is 19.6. The number of para-hydroxylation sites is 1. The zero-order chi connectivity index (χ0) is 24.8. The molecule has 1 aliphatic heterocycles. The molecule has 10 heteroatoms. The maximum absolute atomic E-state index is 12.2. The van der Waals surface area contributed by atoms with Crippen molar-refractivity contribution in [2.75, 3.05) is 31.0 Å². The molecule has 1 aromatic heterocycles. The lowest BCUT2D eigenvalue weighted by atomic mass is 10.1.